The van der Waals surface area contributed by atoms with Crippen LogP contribution in [0, 0.1) is 6.92 Å². The quantitative estimate of drug-likeness (QED) is 0.131. The van der Waals surface area contributed by atoms with E-state index in [4.69, 9.17) is 9.47 Å². The summed E-state index contributed by atoms with van der Waals surface area (Å²) in [6.45, 7) is 6.85. The lowest BCUT2D eigenvalue weighted by molar-refractivity contribution is -0.139. The number of amides is 1. The molecule has 1 aliphatic heterocycles. The van der Waals surface area contributed by atoms with Crippen LogP contribution in [0.3, 0.4) is 0 Å². The van der Waals surface area contributed by atoms with Crippen molar-refractivity contribution < 1.29 is 29.3 Å². The summed E-state index contributed by atoms with van der Waals surface area (Å²) in [7, 11) is 0. The van der Waals surface area contributed by atoms with Gasteiger partial charge in [0.05, 0.1) is 18.2 Å². The molecule has 1 heterocycles. The van der Waals surface area contributed by atoms with E-state index < -0.39 is 17.7 Å². The molecule has 39 heavy (non-hydrogen) atoms. The van der Waals surface area contributed by atoms with Crippen molar-refractivity contribution in [2.45, 2.75) is 52.7 Å². The normalized spacial score (nSPS) is 16.5. The molecule has 3 aromatic rings. The van der Waals surface area contributed by atoms with E-state index in [9.17, 15) is 19.8 Å². The molecule has 0 aromatic heterocycles. The first-order valence-electron chi connectivity index (χ1n) is 13.4. The molecule has 7 nitrogen and oxygen atoms in total. The van der Waals surface area contributed by atoms with Crippen molar-refractivity contribution in [3.63, 3.8) is 0 Å². The van der Waals surface area contributed by atoms with Gasteiger partial charge in [-0.15, -0.1) is 0 Å². The van der Waals surface area contributed by atoms with Gasteiger partial charge in [-0.2, -0.15) is 0 Å². The van der Waals surface area contributed by atoms with Crippen molar-refractivity contribution in [3.8, 4) is 17.2 Å². The van der Waals surface area contributed by atoms with Crippen LogP contribution in [0.2, 0.25) is 0 Å². The Balaban J connectivity index is 1.72. The minimum atomic E-state index is -0.809. The van der Waals surface area contributed by atoms with Crippen LogP contribution in [-0.2, 0) is 16.2 Å². The second-order valence-corrected chi connectivity index (χ2v) is 9.61. The molecule has 0 radical (unpaired) electrons. The Morgan fingerprint density at radius 3 is 2.38 bits per heavy atom. The Labute approximate surface area is 229 Å². The third kappa shape index (κ3) is 6.08. The van der Waals surface area contributed by atoms with Gasteiger partial charge in [-0.25, -0.2) is 0 Å². The van der Waals surface area contributed by atoms with Gasteiger partial charge in [-0.1, -0.05) is 56.2 Å². The second kappa shape index (κ2) is 12.5. The Hall–Kier alpha value is -4.26. The average Bonchev–Trinajstić information content (AvgIpc) is 3.19. The van der Waals surface area contributed by atoms with E-state index in [1.54, 1.807) is 37.3 Å². The molecule has 1 atom stereocenters. The maximum Gasteiger partial charge on any atom is 0.295 e. The van der Waals surface area contributed by atoms with Crippen LogP contribution in [0.5, 0.6) is 17.2 Å². The highest BCUT2D eigenvalue weighted by Crippen LogP contribution is 2.42. The number of phenols is 1. The Kier molecular flexibility index (Phi) is 8.92. The predicted octanol–water partition coefficient (Wildman–Crippen LogP) is 6.29. The summed E-state index contributed by atoms with van der Waals surface area (Å²) in [5, 5.41) is 21.7. The first kappa shape index (κ1) is 27.8. The van der Waals surface area contributed by atoms with E-state index in [0.29, 0.717) is 36.6 Å². The molecule has 0 saturated carbocycles. The number of rotatable bonds is 11. The van der Waals surface area contributed by atoms with E-state index in [2.05, 4.69) is 6.92 Å². The second-order valence-electron chi connectivity index (χ2n) is 9.61. The number of aromatic hydroxyl groups is 1. The molecule has 3 aromatic carbocycles. The van der Waals surface area contributed by atoms with Crippen LogP contribution in [0.1, 0.15) is 61.4 Å². The van der Waals surface area contributed by atoms with Gasteiger partial charge >= 0.3 is 0 Å². The van der Waals surface area contributed by atoms with Crippen molar-refractivity contribution in [2.75, 3.05) is 13.2 Å². The standard InChI is InChI=1S/C32H35NO6/c1-4-6-10-17-33-29(23-13-15-25(34)27(19-23)38-5-2)28(31(36)32(33)37)30(35)24-14-16-26(21(3)18-24)39-20-22-11-8-7-9-12-22/h7-9,11-16,18-19,29,34-35H,4-6,10,17,20H2,1-3H3/b30-28-. The van der Waals surface area contributed by atoms with Gasteiger partial charge in [0.1, 0.15) is 18.1 Å². The minimum absolute atomic E-state index is 0.0157. The summed E-state index contributed by atoms with van der Waals surface area (Å²) in [5.74, 6) is -0.757. The Bertz CT molecular complexity index is 1360. The molecule has 4 rings (SSSR count). The lowest BCUT2D eigenvalue weighted by Gasteiger charge is -2.26. The van der Waals surface area contributed by atoms with Gasteiger partial charge in [0.2, 0.25) is 0 Å². The van der Waals surface area contributed by atoms with Crippen LogP contribution in [0.4, 0.5) is 0 Å². The molecule has 1 amide bonds. The lowest BCUT2D eigenvalue weighted by atomic mass is 9.94. The van der Waals surface area contributed by atoms with Crippen molar-refractivity contribution in [1.82, 2.24) is 4.90 Å². The number of Topliss-reactive ketones (excluding diaryl/α,β-unsaturated/α-hetero) is 1. The number of aliphatic hydroxyl groups excluding tert-OH is 1. The minimum Gasteiger partial charge on any atom is -0.507 e. The number of likely N-dealkylation sites (tertiary alicyclic amines) is 1. The summed E-state index contributed by atoms with van der Waals surface area (Å²) in [5.41, 5.74) is 2.83. The number of ether oxygens (including phenoxy) is 2. The fourth-order valence-electron chi connectivity index (χ4n) is 4.81. The molecule has 1 aliphatic rings. The fraction of sp³-hybridized carbons (Fsp3) is 0.312. The summed E-state index contributed by atoms with van der Waals surface area (Å²) < 4.78 is 11.5. The molecule has 0 aliphatic carbocycles. The van der Waals surface area contributed by atoms with Crippen molar-refractivity contribution in [1.29, 1.82) is 0 Å². The van der Waals surface area contributed by atoms with E-state index in [0.717, 1.165) is 30.4 Å². The van der Waals surface area contributed by atoms with Crippen molar-refractivity contribution >= 4 is 17.4 Å². The largest absolute Gasteiger partial charge is 0.507 e. The molecule has 1 saturated heterocycles. The van der Waals surface area contributed by atoms with Crippen LogP contribution < -0.4 is 9.47 Å². The summed E-state index contributed by atoms with van der Waals surface area (Å²) in [6.07, 6.45) is 2.59. The number of benzene rings is 3. The Morgan fingerprint density at radius 1 is 0.923 bits per heavy atom. The fourth-order valence-corrected chi connectivity index (χ4v) is 4.81. The van der Waals surface area contributed by atoms with Gasteiger partial charge in [0.25, 0.3) is 11.7 Å². The number of unbranched alkanes of at least 4 members (excludes halogenated alkanes) is 2. The maximum atomic E-state index is 13.3. The number of ketones is 1. The van der Waals surface area contributed by atoms with Gasteiger partial charge in [-0.05, 0) is 67.3 Å². The lowest BCUT2D eigenvalue weighted by Crippen LogP contribution is -2.30. The van der Waals surface area contributed by atoms with Gasteiger partial charge < -0.3 is 24.6 Å². The highest BCUT2D eigenvalue weighted by molar-refractivity contribution is 6.46. The molecule has 204 valence electrons. The zero-order valence-corrected chi connectivity index (χ0v) is 22.6. The summed E-state index contributed by atoms with van der Waals surface area (Å²) >= 11 is 0. The smallest absolute Gasteiger partial charge is 0.295 e. The van der Waals surface area contributed by atoms with Gasteiger partial charge in [-0.3, -0.25) is 9.59 Å². The van der Waals surface area contributed by atoms with Crippen LogP contribution in [0.15, 0.2) is 72.3 Å². The first-order valence-corrected chi connectivity index (χ1v) is 13.4. The summed E-state index contributed by atoms with van der Waals surface area (Å²) in [4.78, 5) is 28.0. The predicted molar refractivity (Wildman–Crippen MR) is 150 cm³/mol. The average molecular weight is 530 g/mol. The van der Waals surface area contributed by atoms with E-state index in [-0.39, 0.29) is 22.8 Å². The third-order valence-electron chi connectivity index (χ3n) is 6.83. The third-order valence-corrected chi connectivity index (χ3v) is 6.83. The Morgan fingerprint density at radius 2 is 1.69 bits per heavy atom. The van der Waals surface area contributed by atoms with Crippen LogP contribution >= 0.6 is 0 Å². The maximum absolute atomic E-state index is 13.3. The van der Waals surface area contributed by atoms with E-state index in [1.807, 2.05) is 37.3 Å². The number of aliphatic hydroxyl groups is 1. The number of carbonyl (C=O) groups is 2. The first-order chi connectivity index (χ1) is 18.8. The van der Waals surface area contributed by atoms with Gasteiger partial charge in [0, 0.05) is 12.1 Å². The topological polar surface area (TPSA) is 96.3 Å². The molecule has 7 heteroatoms. The number of phenolic OH excluding ortho intramolecular Hbond substituents is 1. The number of hydrogen-bond acceptors (Lipinski definition) is 6. The molecule has 2 N–H and O–H groups in total. The van der Waals surface area contributed by atoms with Crippen molar-refractivity contribution in [3.05, 3.63) is 94.6 Å². The molecular formula is C32H35NO6. The number of aryl methyl sites for hydroxylation is 1. The highest BCUT2D eigenvalue weighted by Gasteiger charge is 2.46. The summed E-state index contributed by atoms with van der Waals surface area (Å²) in [6, 6.07) is 19.0. The van der Waals surface area contributed by atoms with E-state index >= 15 is 0 Å². The van der Waals surface area contributed by atoms with Crippen LogP contribution in [0.25, 0.3) is 5.76 Å². The molecule has 0 spiro atoms. The van der Waals surface area contributed by atoms with Gasteiger partial charge in [0.15, 0.2) is 11.5 Å². The van der Waals surface area contributed by atoms with Crippen LogP contribution in [-0.4, -0.2) is 40.0 Å². The molecule has 0 bridgehead atoms. The van der Waals surface area contributed by atoms with Crippen molar-refractivity contribution in [2.24, 2.45) is 0 Å². The SMILES string of the molecule is CCCCCN1C(=O)C(=O)/C(=C(\O)c2ccc(OCc3ccccc3)c(C)c2)C1c1ccc(O)c(OCC)c1. The number of nitrogens with zero attached hydrogens (tertiary/aromatic N) is 1. The molecule has 1 fully saturated rings. The zero-order chi connectivity index (χ0) is 27.9. The monoisotopic (exact) mass is 529 g/mol. The highest BCUT2D eigenvalue weighted by atomic mass is 16.5. The molecule has 1 unspecified atom stereocenters. The number of carbonyl (C=O) groups excluding carboxylic acids is 2. The number of hydrogen-bond donors (Lipinski definition) is 2. The molecular weight excluding hydrogens is 494 g/mol. The zero-order valence-electron chi connectivity index (χ0n) is 22.6. The van der Waals surface area contributed by atoms with E-state index in [1.165, 1.54) is 11.0 Å².